The van der Waals surface area contributed by atoms with Crippen LogP contribution in [0.1, 0.15) is 27.2 Å². The second-order valence-electron chi connectivity index (χ2n) is 6.92. The summed E-state index contributed by atoms with van der Waals surface area (Å²) >= 11 is 2.75. The fourth-order valence-corrected chi connectivity index (χ4v) is 4.04. The molecule has 0 fully saturated rings. The van der Waals surface area contributed by atoms with E-state index < -0.39 is 16.5 Å². The lowest BCUT2D eigenvalue weighted by Crippen LogP contribution is -2.37. The van der Waals surface area contributed by atoms with Gasteiger partial charge in [-0.05, 0) is 16.7 Å². The molecule has 152 valence electrons. The summed E-state index contributed by atoms with van der Waals surface area (Å²) in [5.74, 6) is 0. The highest BCUT2D eigenvalue weighted by Crippen LogP contribution is 2.43. The molecule has 0 saturated carbocycles. The molecule has 6 heteroatoms. The number of halogens is 4. The van der Waals surface area contributed by atoms with E-state index in [-0.39, 0.29) is 5.69 Å². The Labute approximate surface area is 181 Å². The normalized spacial score (nSPS) is 13.2. The van der Waals surface area contributed by atoms with E-state index in [0.717, 1.165) is 16.7 Å². The Balaban J connectivity index is 2.03. The van der Waals surface area contributed by atoms with Crippen molar-refractivity contribution in [3.63, 3.8) is 0 Å². The summed E-state index contributed by atoms with van der Waals surface area (Å²) in [6.07, 6.45) is -1.49. The fraction of sp³-hybridized carbons (Fsp3) is 0.125. The fourth-order valence-electron chi connectivity index (χ4n) is 3.81. The number of hydrogen-bond acceptors (Lipinski definition) is 1. The first kappa shape index (κ1) is 20.4. The van der Waals surface area contributed by atoms with Gasteiger partial charge in [0, 0.05) is 6.20 Å². The van der Waals surface area contributed by atoms with Crippen LogP contribution < -0.4 is 0 Å². The summed E-state index contributed by atoms with van der Waals surface area (Å²) in [5, 5.41) is 0. The minimum Gasteiger partial charge on any atom is -0.319 e. The average molecular weight is 471 g/mol. The van der Waals surface area contributed by atoms with Gasteiger partial charge in [0.15, 0.2) is 4.83 Å². The molecule has 0 amide bonds. The van der Waals surface area contributed by atoms with Crippen LogP contribution in [0.15, 0.2) is 104 Å². The Morgan fingerprint density at radius 2 is 1.10 bits per heavy atom. The molecule has 0 aliphatic rings. The molecular weight excluding hydrogens is 453 g/mol. The van der Waals surface area contributed by atoms with E-state index in [1.165, 1.54) is 12.5 Å². The van der Waals surface area contributed by atoms with E-state index in [0.29, 0.717) is 0 Å². The van der Waals surface area contributed by atoms with Gasteiger partial charge in [0.2, 0.25) is 0 Å². The molecule has 4 rings (SSSR count). The van der Waals surface area contributed by atoms with Crippen molar-refractivity contribution in [2.75, 3.05) is 0 Å². The molecule has 3 aromatic carbocycles. The monoisotopic (exact) mass is 470 g/mol. The van der Waals surface area contributed by atoms with Crippen molar-refractivity contribution in [3.8, 4) is 0 Å². The molecule has 4 aromatic rings. The first-order valence-corrected chi connectivity index (χ1v) is 10.3. The van der Waals surface area contributed by atoms with Crippen LogP contribution >= 0.6 is 15.9 Å². The van der Waals surface area contributed by atoms with Crippen LogP contribution in [0.2, 0.25) is 0 Å². The van der Waals surface area contributed by atoms with E-state index in [2.05, 4.69) is 20.9 Å². The number of benzene rings is 3. The van der Waals surface area contributed by atoms with Gasteiger partial charge in [0.25, 0.3) is 0 Å². The maximum atomic E-state index is 13.3. The zero-order valence-electron chi connectivity index (χ0n) is 15.8. The first-order valence-electron chi connectivity index (χ1n) is 9.36. The predicted octanol–water partition coefficient (Wildman–Crippen LogP) is 6.72. The summed E-state index contributed by atoms with van der Waals surface area (Å²) in [5.41, 5.74) is 1.79. The Hall–Kier alpha value is -2.86. The van der Waals surface area contributed by atoms with E-state index in [9.17, 15) is 13.2 Å². The van der Waals surface area contributed by atoms with Crippen LogP contribution in [0, 0.1) is 0 Å². The number of hydrogen-bond donors (Lipinski definition) is 0. The van der Waals surface area contributed by atoms with Gasteiger partial charge < -0.3 is 4.57 Å². The minimum absolute atomic E-state index is 0.0883. The zero-order valence-corrected chi connectivity index (χ0v) is 17.4. The van der Waals surface area contributed by atoms with Gasteiger partial charge in [-0.25, -0.2) is 4.98 Å². The van der Waals surface area contributed by atoms with Crippen LogP contribution in [-0.2, 0) is 5.54 Å². The third-order valence-electron chi connectivity index (χ3n) is 5.11. The summed E-state index contributed by atoms with van der Waals surface area (Å²) < 4.78 is 41.7. The molecule has 1 atom stereocenters. The summed E-state index contributed by atoms with van der Waals surface area (Å²) in [6.45, 7) is 0. The molecule has 1 heterocycles. The summed E-state index contributed by atoms with van der Waals surface area (Å²) in [4.78, 5) is 2.28. The highest BCUT2D eigenvalue weighted by Gasteiger charge is 2.43. The Kier molecular flexibility index (Phi) is 5.52. The molecule has 1 unspecified atom stereocenters. The molecular formula is C24H18BrF3N2. The van der Waals surface area contributed by atoms with Crippen LogP contribution in [-0.4, -0.2) is 15.7 Å². The highest BCUT2D eigenvalue weighted by atomic mass is 79.9. The lowest BCUT2D eigenvalue weighted by Gasteiger charge is -2.37. The van der Waals surface area contributed by atoms with Gasteiger partial charge in [-0.2, -0.15) is 13.2 Å². The van der Waals surface area contributed by atoms with Crippen LogP contribution in [0.25, 0.3) is 0 Å². The second kappa shape index (κ2) is 8.11. The molecule has 30 heavy (non-hydrogen) atoms. The van der Waals surface area contributed by atoms with Gasteiger partial charge in [-0.1, -0.05) is 107 Å². The predicted molar refractivity (Wildman–Crippen MR) is 115 cm³/mol. The Morgan fingerprint density at radius 3 is 1.47 bits per heavy atom. The maximum absolute atomic E-state index is 13.3. The molecule has 1 aromatic heterocycles. The van der Waals surface area contributed by atoms with E-state index in [1.807, 2.05) is 91.0 Å². The Bertz CT molecular complexity index is 997. The number of imidazole rings is 1. The SMILES string of the molecule is FC(F)(F)C(Br)c1cn(C(c2ccccc2)(c2ccccc2)c2ccccc2)cn1. The molecule has 0 bridgehead atoms. The topological polar surface area (TPSA) is 17.8 Å². The van der Waals surface area contributed by atoms with Crippen LogP contribution in [0.4, 0.5) is 13.2 Å². The molecule has 0 saturated heterocycles. The van der Waals surface area contributed by atoms with Crippen molar-refractivity contribution in [3.05, 3.63) is 126 Å². The second-order valence-corrected chi connectivity index (χ2v) is 7.83. The van der Waals surface area contributed by atoms with Gasteiger partial charge in [0.05, 0.1) is 12.0 Å². The number of nitrogens with zero attached hydrogens (tertiary/aromatic N) is 2. The quantitative estimate of drug-likeness (QED) is 0.233. The molecule has 0 aliphatic carbocycles. The largest absolute Gasteiger partial charge is 0.406 e. The third kappa shape index (κ3) is 3.56. The molecule has 2 nitrogen and oxygen atoms in total. The minimum atomic E-state index is -4.44. The number of alkyl halides is 4. The van der Waals surface area contributed by atoms with Gasteiger partial charge in [0.1, 0.15) is 5.54 Å². The summed E-state index contributed by atoms with van der Waals surface area (Å²) in [7, 11) is 0. The van der Waals surface area contributed by atoms with Crippen molar-refractivity contribution in [1.29, 1.82) is 0 Å². The standard InChI is InChI=1S/C24H18BrF3N2/c25-22(24(26,27)28)21-16-30(17-29-21)23(18-10-4-1-5-11-18,19-12-6-2-7-13-19)20-14-8-3-9-15-20/h1-17,22H. The average Bonchev–Trinajstić information content (AvgIpc) is 3.26. The van der Waals surface area contributed by atoms with Gasteiger partial charge in [-0.15, -0.1) is 0 Å². The smallest absolute Gasteiger partial charge is 0.319 e. The van der Waals surface area contributed by atoms with Gasteiger partial charge >= 0.3 is 6.18 Å². The zero-order chi connectivity index (χ0) is 21.2. The van der Waals surface area contributed by atoms with Crippen LogP contribution in [0.3, 0.4) is 0 Å². The maximum Gasteiger partial charge on any atom is 0.406 e. The third-order valence-corrected chi connectivity index (χ3v) is 6.10. The van der Waals surface area contributed by atoms with Crippen molar-refractivity contribution < 1.29 is 13.2 Å². The van der Waals surface area contributed by atoms with Crippen molar-refractivity contribution in [2.24, 2.45) is 0 Å². The number of aromatic nitrogens is 2. The van der Waals surface area contributed by atoms with E-state index in [1.54, 1.807) is 4.57 Å². The van der Waals surface area contributed by atoms with Crippen LogP contribution in [0.5, 0.6) is 0 Å². The van der Waals surface area contributed by atoms with Gasteiger partial charge in [-0.3, -0.25) is 0 Å². The van der Waals surface area contributed by atoms with E-state index >= 15 is 0 Å². The summed E-state index contributed by atoms with van der Waals surface area (Å²) in [6, 6.07) is 29.2. The van der Waals surface area contributed by atoms with Crippen molar-refractivity contribution in [1.82, 2.24) is 9.55 Å². The molecule has 0 N–H and O–H groups in total. The lowest BCUT2D eigenvalue weighted by molar-refractivity contribution is -0.128. The van der Waals surface area contributed by atoms with E-state index in [4.69, 9.17) is 0 Å². The Morgan fingerprint density at radius 1 is 0.700 bits per heavy atom. The highest BCUT2D eigenvalue weighted by molar-refractivity contribution is 9.09. The van der Waals surface area contributed by atoms with Crippen molar-refractivity contribution >= 4 is 15.9 Å². The molecule has 0 aliphatic heterocycles. The molecule has 0 radical (unpaired) electrons. The van der Waals surface area contributed by atoms with Crippen molar-refractivity contribution in [2.45, 2.75) is 16.5 Å². The molecule has 0 spiro atoms. The lowest BCUT2D eigenvalue weighted by atomic mass is 9.77. The first-order chi connectivity index (χ1) is 14.4. The number of rotatable bonds is 5.